The van der Waals surface area contributed by atoms with Crippen molar-refractivity contribution in [2.24, 2.45) is 10.7 Å². The summed E-state index contributed by atoms with van der Waals surface area (Å²) in [5, 5.41) is 12.8. The van der Waals surface area contributed by atoms with Gasteiger partial charge >= 0.3 is 0 Å². The van der Waals surface area contributed by atoms with Crippen LogP contribution in [0.2, 0.25) is 0 Å². The third-order valence-electron chi connectivity index (χ3n) is 2.36. The third kappa shape index (κ3) is 5.31. The highest BCUT2D eigenvalue weighted by Crippen LogP contribution is 2.10. The Morgan fingerprint density at radius 3 is 2.88 bits per heavy atom. The Labute approximate surface area is 102 Å². The highest BCUT2D eigenvalue weighted by Gasteiger charge is 2.05. The second-order valence-corrected chi connectivity index (χ2v) is 3.80. The van der Waals surface area contributed by atoms with E-state index in [2.05, 4.69) is 22.2 Å². The van der Waals surface area contributed by atoms with Gasteiger partial charge in [-0.1, -0.05) is 13.3 Å². The number of nitrogens with one attached hydrogen (secondary N) is 1. The molecule has 0 aliphatic rings. The third-order valence-corrected chi connectivity index (χ3v) is 2.36. The van der Waals surface area contributed by atoms with Crippen molar-refractivity contribution < 1.29 is 5.11 Å². The molecule has 5 nitrogen and oxygen atoms in total. The molecule has 0 aliphatic carbocycles. The van der Waals surface area contributed by atoms with Gasteiger partial charge in [0.1, 0.15) is 0 Å². The minimum absolute atomic E-state index is 0.259. The van der Waals surface area contributed by atoms with E-state index in [-0.39, 0.29) is 6.54 Å². The van der Waals surface area contributed by atoms with Crippen LogP contribution in [0.1, 0.15) is 31.4 Å². The lowest BCUT2D eigenvalue weighted by molar-refractivity contribution is 0.187. The molecule has 0 saturated heterocycles. The summed E-state index contributed by atoms with van der Waals surface area (Å²) in [5.41, 5.74) is 6.45. The molecule has 0 spiro atoms. The second kappa shape index (κ2) is 7.62. The largest absolute Gasteiger partial charge is 0.386 e. The van der Waals surface area contributed by atoms with Crippen LogP contribution in [0.25, 0.3) is 0 Å². The van der Waals surface area contributed by atoms with Crippen LogP contribution in [0.5, 0.6) is 0 Å². The summed E-state index contributed by atoms with van der Waals surface area (Å²) >= 11 is 0. The Morgan fingerprint density at radius 2 is 2.24 bits per heavy atom. The normalized spacial score (nSPS) is 13.4. The fourth-order valence-corrected chi connectivity index (χ4v) is 1.32. The molecule has 17 heavy (non-hydrogen) atoms. The van der Waals surface area contributed by atoms with E-state index >= 15 is 0 Å². The number of rotatable bonds is 6. The van der Waals surface area contributed by atoms with Crippen molar-refractivity contribution >= 4 is 5.96 Å². The van der Waals surface area contributed by atoms with Crippen molar-refractivity contribution in [3.63, 3.8) is 0 Å². The lowest BCUT2D eigenvalue weighted by Gasteiger charge is -2.09. The van der Waals surface area contributed by atoms with E-state index in [1.807, 2.05) is 0 Å². The van der Waals surface area contributed by atoms with Gasteiger partial charge in [-0.15, -0.1) is 0 Å². The van der Waals surface area contributed by atoms with Crippen molar-refractivity contribution in [2.75, 3.05) is 13.1 Å². The van der Waals surface area contributed by atoms with Gasteiger partial charge < -0.3 is 16.2 Å². The zero-order chi connectivity index (χ0) is 12.5. The Morgan fingerprint density at radius 1 is 1.53 bits per heavy atom. The number of aromatic nitrogens is 1. The molecule has 1 aromatic heterocycles. The first kappa shape index (κ1) is 13.4. The van der Waals surface area contributed by atoms with Crippen LogP contribution < -0.4 is 11.1 Å². The molecule has 0 bridgehead atoms. The molecule has 0 amide bonds. The SMILES string of the molecule is CCCCNC(N)=NCC(O)c1ccncc1. The van der Waals surface area contributed by atoms with E-state index in [4.69, 9.17) is 5.73 Å². The topological polar surface area (TPSA) is 83.5 Å². The number of nitrogens with zero attached hydrogens (tertiary/aromatic N) is 2. The molecule has 1 atom stereocenters. The number of guanidine groups is 1. The van der Waals surface area contributed by atoms with Crippen molar-refractivity contribution in [1.82, 2.24) is 10.3 Å². The van der Waals surface area contributed by atoms with Crippen LogP contribution in [0.4, 0.5) is 0 Å². The summed E-state index contributed by atoms with van der Waals surface area (Å²) < 4.78 is 0. The van der Waals surface area contributed by atoms with E-state index in [1.54, 1.807) is 24.5 Å². The summed E-state index contributed by atoms with van der Waals surface area (Å²) in [4.78, 5) is 7.97. The predicted molar refractivity (Wildman–Crippen MR) is 68.6 cm³/mol. The molecule has 1 aromatic rings. The van der Waals surface area contributed by atoms with Crippen LogP contribution in [0.3, 0.4) is 0 Å². The maximum absolute atomic E-state index is 9.82. The van der Waals surface area contributed by atoms with Crippen molar-refractivity contribution in [3.05, 3.63) is 30.1 Å². The number of aliphatic hydroxyl groups excluding tert-OH is 1. The average Bonchev–Trinajstić information content (AvgIpc) is 2.37. The summed E-state index contributed by atoms with van der Waals surface area (Å²) in [6.45, 7) is 3.19. The first-order valence-electron chi connectivity index (χ1n) is 5.85. The minimum Gasteiger partial charge on any atom is -0.386 e. The molecular formula is C12H20N4O. The summed E-state index contributed by atoms with van der Waals surface area (Å²) in [6.07, 6.45) is 4.82. The number of aliphatic imine (C=N–C) groups is 1. The molecule has 0 aromatic carbocycles. The highest BCUT2D eigenvalue weighted by atomic mass is 16.3. The van der Waals surface area contributed by atoms with Crippen LogP contribution in [-0.4, -0.2) is 29.1 Å². The van der Waals surface area contributed by atoms with Gasteiger partial charge in [0, 0.05) is 18.9 Å². The maximum atomic E-state index is 9.82. The number of aliphatic hydroxyl groups is 1. The minimum atomic E-state index is -0.635. The summed E-state index contributed by atoms with van der Waals surface area (Å²) in [6, 6.07) is 3.53. The van der Waals surface area contributed by atoms with Crippen molar-refractivity contribution in [1.29, 1.82) is 0 Å². The van der Waals surface area contributed by atoms with Crippen LogP contribution in [-0.2, 0) is 0 Å². The molecule has 0 radical (unpaired) electrons. The number of pyridine rings is 1. The number of nitrogens with two attached hydrogens (primary N) is 1. The Hall–Kier alpha value is -1.62. The molecule has 0 saturated carbocycles. The number of unbranched alkanes of at least 4 members (excludes halogenated alkanes) is 1. The zero-order valence-electron chi connectivity index (χ0n) is 10.1. The second-order valence-electron chi connectivity index (χ2n) is 3.80. The molecular weight excluding hydrogens is 216 g/mol. The lowest BCUT2D eigenvalue weighted by Crippen LogP contribution is -2.32. The Kier molecular flexibility index (Phi) is 6.03. The first-order valence-corrected chi connectivity index (χ1v) is 5.85. The zero-order valence-corrected chi connectivity index (χ0v) is 10.1. The predicted octanol–water partition coefficient (Wildman–Crippen LogP) is 0.819. The number of hydrogen-bond acceptors (Lipinski definition) is 3. The molecule has 94 valence electrons. The van der Waals surface area contributed by atoms with Crippen molar-refractivity contribution in [3.8, 4) is 0 Å². The standard InChI is InChI=1S/C12H20N4O/c1-2-3-6-15-12(13)16-9-11(17)10-4-7-14-8-5-10/h4-5,7-8,11,17H,2-3,6,9H2,1H3,(H3,13,15,16). The molecule has 4 N–H and O–H groups in total. The molecule has 1 rings (SSSR count). The molecule has 1 heterocycles. The maximum Gasteiger partial charge on any atom is 0.188 e. The van der Waals surface area contributed by atoms with E-state index in [0.717, 1.165) is 24.9 Å². The molecule has 1 unspecified atom stereocenters. The smallest absolute Gasteiger partial charge is 0.188 e. The van der Waals surface area contributed by atoms with Gasteiger partial charge in [-0.3, -0.25) is 9.98 Å². The average molecular weight is 236 g/mol. The Bertz CT molecular complexity index is 340. The highest BCUT2D eigenvalue weighted by molar-refractivity contribution is 5.77. The first-order chi connectivity index (χ1) is 8.24. The summed E-state index contributed by atoms with van der Waals surface area (Å²) in [5.74, 6) is 0.381. The van der Waals surface area contributed by atoms with Gasteiger partial charge in [0.25, 0.3) is 0 Å². The van der Waals surface area contributed by atoms with Crippen LogP contribution >= 0.6 is 0 Å². The molecule has 5 heteroatoms. The van der Waals surface area contributed by atoms with Gasteiger partial charge in [0.15, 0.2) is 5.96 Å². The lowest BCUT2D eigenvalue weighted by atomic mass is 10.1. The monoisotopic (exact) mass is 236 g/mol. The molecule has 0 fully saturated rings. The van der Waals surface area contributed by atoms with Gasteiger partial charge in [0.05, 0.1) is 12.6 Å². The van der Waals surface area contributed by atoms with Gasteiger partial charge in [0.2, 0.25) is 0 Å². The van der Waals surface area contributed by atoms with E-state index in [9.17, 15) is 5.11 Å². The van der Waals surface area contributed by atoms with Gasteiger partial charge in [-0.2, -0.15) is 0 Å². The van der Waals surface area contributed by atoms with Crippen LogP contribution in [0, 0.1) is 0 Å². The van der Waals surface area contributed by atoms with Crippen LogP contribution in [0.15, 0.2) is 29.5 Å². The quantitative estimate of drug-likeness (QED) is 0.388. The fraction of sp³-hybridized carbons (Fsp3) is 0.500. The van der Waals surface area contributed by atoms with E-state index in [0.29, 0.717) is 5.96 Å². The van der Waals surface area contributed by atoms with Crippen molar-refractivity contribution in [2.45, 2.75) is 25.9 Å². The Balaban J connectivity index is 2.36. The van der Waals surface area contributed by atoms with E-state index in [1.165, 1.54) is 0 Å². The van der Waals surface area contributed by atoms with Gasteiger partial charge in [-0.25, -0.2) is 0 Å². The number of hydrogen-bond donors (Lipinski definition) is 3. The van der Waals surface area contributed by atoms with E-state index < -0.39 is 6.10 Å². The summed E-state index contributed by atoms with van der Waals surface area (Å²) in [7, 11) is 0. The fourth-order valence-electron chi connectivity index (χ4n) is 1.32. The molecule has 0 aliphatic heterocycles. The van der Waals surface area contributed by atoms with Gasteiger partial charge in [-0.05, 0) is 24.1 Å².